The fourth-order valence-electron chi connectivity index (χ4n) is 0.802. The van der Waals surface area contributed by atoms with Crippen molar-refractivity contribution >= 4 is 7.72 Å². The van der Waals surface area contributed by atoms with Gasteiger partial charge in [0.05, 0.1) is 0 Å². The van der Waals surface area contributed by atoms with Crippen molar-refractivity contribution in [3.05, 3.63) is 0 Å². The normalized spacial score (nSPS) is 39.6. The van der Waals surface area contributed by atoms with Gasteiger partial charge >= 0.3 is 47.8 Å². The Bertz CT molecular complexity index is 93.3. The van der Waals surface area contributed by atoms with Gasteiger partial charge in [-0.15, -0.1) is 0 Å². The Labute approximate surface area is 48.8 Å². The Morgan fingerprint density at radius 3 is 2.50 bits per heavy atom. The Morgan fingerprint density at radius 1 is 1.75 bits per heavy atom. The van der Waals surface area contributed by atoms with E-state index in [0.29, 0.717) is 12.6 Å². The van der Waals surface area contributed by atoms with Crippen LogP contribution in [-0.2, 0) is 4.52 Å². The summed E-state index contributed by atoms with van der Waals surface area (Å²) in [7, 11) is -2.35. The molecule has 0 saturated carbocycles. The Kier molecular flexibility index (Phi) is 1.54. The molecule has 0 aromatic heterocycles. The Morgan fingerprint density at radius 2 is 2.38 bits per heavy atom. The second-order valence-electron chi connectivity index (χ2n) is 2.29. The van der Waals surface area contributed by atoms with Crippen LogP contribution in [-0.4, -0.2) is 29.1 Å². The van der Waals surface area contributed by atoms with Crippen molar-refractivity contribution in [2.45, 2.75) is 12.7 Å². The molecular weight excluding hydrogens is 127 g/mol. The standard InChI is InChI=1S/C4H11O3P/c1-8(6)3-2-4(5)7-8/h4-6,8H,2-3H2,1H3. The summed E-state index contributed by atoms with van der Waals surface area (Å²) in [6.07, 6.45) is 0.560. The summed E-state index contributed by atoms with van der Waals surface area (Å²) in [4.78, 5) is 9.12. The molecule has 0 amide bonds. The SMILES string of the molecule is C[PH]1(O)CCC(O)O1. The van der Waals surface area contributed by atoms with E-state index in [1.165, 1.54) is 0 Å². The fraction of sp³-hybridized carbons (Fsp3) is 1.00. The van der Waals surface area contributed by atoms with Crippen molar-refractivity contribution in [1.29, 1.82) is 0 Å². The molecule has 1 heterocycles. The number of aliphatic hydroxyl groups excluding tert-OH is 1. The van der Waals surface area contributed by atoms with Gasteiger partial charge in [0.25, 0.3) is 0 Å². The van der Waals surface area contributed by atoms with E-state index < -0.39 is 14.0 Å². The molecule has 50 valence electrons. The van der Waals surface area contributed by atoms with Crippen LogP contribution in [0.15, 0.2) is 0 Å². The molecule has 4 heteroatoms. The first-order chi connectivity index (χ1) is 3.60. The van der Waals surface area contributed by atoms with E-state index in [9.17, 15) is 0 Å². The van der Waals surface area contributed by atoms with Crippen LogP contribution < -0.4 is 0 Å². The zero-order valence-electron chi connectivity index (χ0n) is 4.79. The third-order valence-corrected chi connectivity index (χ3v) is 3.24. The first-order valence-corrected chi connectivity index (χ1v) is 5.25. The minimum absolute atomic E-state index is 0.596. The van der Waals surface area contributed by atoms with Gasteiger partial charge in [-0.3, -0.25) is 0 Å². The molecular formula is C4H11O3P. The van der Waals surface area contributed by atoms with Crippen LogP contribution in [0, 0.1) is 0 Å². The molecule has 0 spiro atoms. The van der Waals surface area contributed by atoms with Crippen LogP contribution in [0.25, 0.3) is 0 Å². The first kappa shape index (κ1) is 6.43. The van der Waals surface area contributed by atoms with Gasteiger partial charge in [0.15, 0.2) is 0 Å². The molecule has 0 aliphatic carbocycles. The molecule has 0 radical (unpaired) electrons. The maximum absolute atomic E-state index is 9.12. The van der Waals surface area contributed by atoms with E-state index in [1.807, 2.05) is 0 Å². The molecule has 1 unspecified atom stereocenters. The topological polar surface area (TPSA) is 49.7 Å². The Hall–Kier alpha value is 0.310. The van der Waals surface area contributed by atoms with E-state index in [0.717, 1.165) is 0 Å². The second kappa shape index (κ2) is 1.92. The van der Waals surface area contributed by atoms with Gasteiger partial charge in [0, 0.05) is 0 Å². The molecule has 1 aliphatic rings. The molecule has 1 rings (SSSR count). The van der Waals surface area contributed by atoms with Crippen LogP contribution >= 0.6 is 7.72 Å². The van der Waals surface area contributed by atoms with Crippen molar-refractivity contribution in [3.8, 4) is 0 Å². The predicted molar refractivity (Wildman–Crippen MR) is 33.0 cm³/mol. The summed E-state index contributed by atoms with van der Waals surface area (Å²) in [5.41, 5.74) is 0. The molecule has 0 bridgehead atoms. The molecule has 8 heavy (non-hydrogen) atoms. The molecule has 1 aliphatic heterocycles. The van der Waals surface area contributed by atoms with Crippen molar-refractivity contribution in [2.75, 3.05) is 12.8 Å². The van der Waals surface area contributed by atoms with Gasteiger partial charge in [-0.05, 0) is 0 Å². The van der Waals surface area contributed by atoms with Crippen LogP contribution in [0.2, 0.25) is 0 Å². The van der Waals surface area contributed by atoms with Crippen LogP contribution in [0.1, 0.15) is 6.42 Å². The van der Waals surface area contributed by atoms with Crippen LogP contribution in [0.4, 0.5) is 0 Å². The van der Waals surface area contributed by atoms with E-state index in [4.69, 9.17) is 14.5 Å². The molecule has 0 aromatic carbocycles. The number of rotatable bonds is 0. The zero-order chi connectivity index (χ0) is 6.20. The summed E-state index contributed by atoms with van der Waals surface area (Å²) >= 11 is 0. The molecule has 1 atom stereocenters. The second-order valence-corrected chi connectivity index (χ2v) is 5.37. The van der Waals surface area contributed by atoms with E-state index in [2.05, 4.69) is 0 Å². The van der Waals surface area contributed by atoms with E-state index >= 15 is 0 Å². The molecule has 0 aromatic rings. The summed E-state index contributed by atoms with van der Waals surface area (Å²) < 4.78 is 4.80. The first-order valence-electron chi connectivity index (χ1n) is 2.68. The zero-order valence-corrected chi connectivity index (χ0v) is 5.79. The van der Waals surface area contributed by atoms with Gasteiger partial charge < -0.3 is 0 Å². The molecule has 1 fully saturated rings. The molecule has 2 N–H and O–H groups in total. The van der Waals surface area contributed by atoms with Gasteiger partial charge in [-0.1, -0.05) is 0 Å². The summed E-state index contributed by atoms with van der Waals surface area (Å²) in [5, 5.41) is 8.72. The van der Waals surface area contributed by atoms with E-state index in [-0.39, 0.29) is 0 Å². The number of hydrogen-bond donors (Lipinski definition) is 2. The minimum atomic E-state index is -2.35. The molecule has 3 nitrogen and oxygen atoms in total. The maximum atomic E-state index is 9.12. The van der Waals surface area contributed by atoms with Gasteiger partial charge in [0.2, 0.25) is 0 Å². The van der Waals surface area contributed by atoms with Crippen molar-refractivity contribution < 1.29 is 14.5 Å². The predicted octanol–water partition coefficient (Wildman–Crippen LogP) is -0.0729. The van der Waals surface area contributed by atoms with Crippen molar-refractivity contribution in [1.82, 2.24) is 0 Å². The number of hydrogen-bond acceptors (Lipinski definition) is 3. The van der Waals surface area contributed by atoms with Crippen molar-refractivity contribution in [3.63, 3.8) is 0 Å². The third kappa shape index (κ3) is 1.39. The van der Waals surface area contributed by atoms with Crippen LogP contribution in [0.5, 0.6) is 0 Å². The summed E-state index contributed by atoms with van der Waals surface area (Å²) in [6, 6.07) is 0. The van der Waals surface area contributed by atoms with Crippen LogP contribution in [0.3, 0.4) is 0 Å². The third-order valence-electron chi connectivity index (χ3n) is 1.25. The summed E-state index contributed by atoms with van der Waals surface area (Å²) in [5.74, 6) is 0. The van der Waals surface area contributed by atoms with Gasteiger partial charge in [-0.2, -0.15) is 0 Å². The van der Waals surface area contributed by atoms with Gasteiger partial charge in [-0.25, -0.2) is 0 Å². The fourth-order valence-corrected chi connectivity index (χ4v) is 2.41. The average molecular weight is 138 g/mol. The monoisotopic (exact) mass is 138 g/mol. The number of aliphatic hydroxyl groups is 1. The van der Waals surface area contributed by atoms with Gasteiger partial charge in [0.1, 0.15) is 0 Å². The summed E-state index contributed by atoms with van der Waals surface area (Å²) in [6.45, 7) is 1.68. The van der Waals surface area contributed by atoms with E-state index in [1.54, 1.807) is 6.66 Å². The quantitative estimate of drug-likeness (QED) is 0.460. The average Bonchev–Trinajstić information content (AvgIpc) is 1.82. The molecule has 1 saturated heterocycles. The van der Waals surface area contributed by atoms with Crippen molar-refractivity contribution in [2.24, 2.45) is 0 Å². The Balaban J connectivity index is 2.44.